The minimum absolute atomic E-state index is 0.0810. The van der Waals surface area contributed by atoms with Crippen molar-refractivity contribution in [2.24, 2.45) is 10.3 Å². The average molecular weight is 145 g/mol. The van der Waals surface area contributed by atoms with Crippen molar-refractivity contribution in [1.29, 1.82) is 0 Å². The lowest BCUT2D eigenvalue weighted by atomic mass is 10.6. The molecule has 0 radical (unpaired) electrons. The van der Waals surface area contributed by atoms with E-state index in [1.165, 1.54) is 0 Å². The molecule has 0 aromatic rings. The molecule has 1 heterocycles. The fourth-order valence-corrected chi connectivity index (χ4v) is 0.512. The Morgan fingerprint density at radius 1 is 1.78 bits per heavy atom. The number of carbonyl (C=O) groups is 2. The Bertz CT molecular complexity index is 189. The molecular formula is C3H3N3O2S. The van der Waals surface area contributed by atoms with Gasteiger partial charge >= 0.3 is 5.24 Å². The SMILES string of the molecule is O=C1CN(C(=O)S)N=N1. The third-order valence-electron chi connectivity index (χ3n) is 0.770. The highest BCUT2D eigenvalue weighted by Crippen LogP contribution is 2.04. The number of hydrogen-bond donors (Lipinski definition) is 1. The zero-order valence-electron chi connectivity index (χ0n) is 4.31. The van der Waals surface area contributed by atoms with Crippen molar-refractivity contribution in [3.63, 3.8) is 0 Å². The van der Waals surface area contributed by atoms with E-state index >= 15 is 0 Å². The molecule has 0 saturated heterocycles. The van der Waals surface area contributed by atoms with Gasteiger partial charge in [0.1, 0.15) is 6.54 Å². The summed E-state index contributed by atoms with van der Waals surface area (Å²) in [4.78, 5) is 20.5. The summed E-state index contributed by atoms with van der Waals surface area (Å²) in [6, 6.07) is 0. The van der Waals surface area contributed by atoms with Crippen LogP contribution in [-0.2, 0) is 4.79 Å². The summed E-state index contributed by atoms with van der Waals surface area (Å²) in [7, 11) is 0. The molecule has 2 amide bonds. The van der Waals surface area contributed by atoms with Gasteiger partial charge in [-0.1, -0.05) is 23.0 Å². The van der Waals surface area contributed by atoms with Crippen LogP contribution < -0.4 is 0 Å². The van der Waals surface area contributed by atoms with Crippen LogP contribution >= 0.6 is 12.6 Å². The Morgan fingerprint density at radius 3 is 2.67 bits per heavy atom. The monoisotopic (exact) mass is 145 g/mol. The van der Waals surface area contributed by atoms with Crippen LogP contribution in [0.25, 0.3) is 0 Å². The maximum atomic E-state index is 10.3. The number of amides is 2. The molecule has 1 aliphatic rings. The van der Waals surface area contributed by atoms with Crippen LogP contribution in [-0.4, -0.2) is 22.7 Å². The van der Waals surface area contributed by atoms with Crippen molar-refractivity contribution < 1.29 is 9.59 Å². The molecule has 5 nitrogen and oxygen atoms in total. The van der Waals surface area contributed by atoms with E-state index in [0.717, 1.165) is 5.01 Å². The highest BCUT2D eigenvalue weighted by Gasteiger charge is 2.18. The third kappa shape index (κ3) is 1.26. The number of carbonyl (C=O) groups excluding carboxylic acids is 2. The molecule has 1 rings (SSSR count). The smallest absolute Gasteiger partial charge is 0.269 e. The number of hydrogen-bond acceptors (Lipinski definition) is 3. The van der Waals surface area contributed by atoms with Crippen LogP contribution in [0.3, 0.4) is 0 Å². The van der Waals surface area contributed by atoms with Gasteiger partial charge in [-0.2, -0.15) is 5.01 Å². The molecule has 0 aromatic carbocycles. The zero-order chi connectivity index (χ0) is 6.85. The molecule has 0 spiro atoms. The summed E-state index contributed by atoms with van der Waals surface area (Å²) in [6.07, 6.45) is 0. The highest BCUT2D eigenvalue weighted by atomic mass is 32.1. The van der Waals surface area contributed by atoms with Crippen LogP contribution in [0.1, 0.15) is 0 Å². The zero-order valence-corrected chi connectivity index (χ0v) is 5.21. The van der Waals surface area contributed by atoms with Gasteiger partial charge in [-0.3, -0.25) is 9.59 Å². The van der Waals surface area contributed by atoms with Gasteiger partial charge in [-0.05, 0) is 0 Å². The summed E-state index contributed by atoms with van der Waals surface area (Å²) in [6.45, 7) is -0.0810. The van der Waals surface area contributed by atoms with Crippen molar-refractivity contribution in [2.45, 2.75) is 0 Å². The van der Waals surface area contributed by atoms with E-state index in [-0.39, 0.29) is 6.54 Å². The van der Waals surface area contributed by atoms with Crippen molar-refractivity contribution in [3.8, 4) is 0 Å². The lowest BCUT2D eigenvalue weighted by Crippen LogP contribution is -2.19. The predicted octanol–water partition coefficient (Wildman–Crippen LogP) is 0.246. The maximum absolute atomic E-state index is 10.3. The Hall–Kier alpha value is -0.910. The van der Waals surface area contributed by atoms with E-state index in [4.69, 9.17) is 0 Å². The molecule has 0 aromatic heterocycles. The molecule has 0 N–H and O–H groups in total. The van der Waals surface area contributed by atoms with Crippen LogP contribution in [0.15, 0.2) is 10.3 Å². The van der Waals surface area contributed by atoms with Gasteiger partial charge in [-0.15, -0.1) is 0 Å². The molecule has 0 saturated carbocycles. The van der Waals surface area contributed by atoms with E-state index in [1.54, 1.807) is 0 Å². The quantitative estimate of drug-likeness (QED) is 0.496. The lowest BCUT2D eigenvalue weighted by molar-refractivity contribution is -0.116. The first-order valence-corrected chi connectivity index (χ1v) is 2.60. The summed E-state index contributed by atoms with van der Waals surface area (Å²) >= 11 is 3.41. The predicted molar refractivity (Wildman–Crippen MR) is 31.0 cm³/mol. The van der Waals surface area contributed by atoms with Crippen LogP contribution in [0.2, 0.25) is 0 Å². The Morgan fingerprint density at radius 2 is 2.44 bits per heavy atom. The Balaban J connectivity index is 2.60. The van der Waals surface area contributed by atoms with Crippen molar-refractivity contribution >= 4 is 23.8 Å². The van der Waals surface area contributed by atoms with Crippen LogP contribution in [0.4, 0.5) is 4.79 Å². The lowest BCUT2D eigenvalue weighted by Gasteiger charge is -2.00. The van der Waals surface area contributed by atoms with Gasteiger partial charge in [-0.25, -0.2) is 0 Å². The standard InChI is InChI=1S/C3H3N3O2S/c7-2-1-6(3(8)9)5-4-2/h1H2,(H,8,9). The molecular weight excluding hydrogens is 142 g/mol. The summed E-state index contributed by atoms with van der Waals surface area (Å²) in [5.41, 5.74) is 0. The number of nitrogens with zero attached hydrogens (tertiary/aromatic N) is 3. The van der Waals surface area contributed by atoms with Crippen molar-refractivity contribution in [1.82, 2.24) is 5.01 Å². The minimum atomic E-state index is -0.565. The third-order valence-corrected chi connectivity index (χ3v) is 1.00. The largest absolute Gasteiger partial charge is 0.300 e. The van der Waals surface area contributed by atoms with Gasteiger partial charge in [0.25, 0.3) is 5.91 Å². The van der Waals surface area contributed by atoms with E-state index in [0.29, 0.717) is 0 Å². The topological polar surface area (TPSA) is 62.1 Å². The Kier molecular flexibility index (Phi) is 1.48. The second-order valence-electron chi connectivity index (χ2n) is 1.42. The van der Waals surface area contributed by atoms with Crippen LogP contribution in [0, 0.1) is 0 Å². The minimum Gasteiger partial charge on any atom is -0.269 e. The molecule has 48 valence electrons. The van der Waals surface area contributed by atoms with E-state index in [1.807, 2.05) is 0 Å². The molecule has 6 heteroatoms. The first kappa shape index (κ1) is 6.21. The van der Waals surface area contributed by atoms with Crippen molar-refractivity contribution in [3.05, 3.63) is 0 Å². The van der Waals surface area contributed by atoms with Gasteiger partial charge in [0, 0.05) is 0 Å². The van der Waals surface area contributed by atoms with Gasteiger partial charge < -0.3 is 0 Å². The molecule has 0 atom stereocenters. The average Bonchev–Trinajstić information content (AvgIpc) is 2.14. The molecule has 0 aliphatic carbocycles. The van der Waals surface area contributed by atoms with Crippen LogP contribution in [0.5, 0.6) is 0 Å². The number of thiol groups is 1. The molecule has 0 unspecified atom stereocenters. The second-order valence-corrected chi connectivity index (χ2v) is 1.81. The van der Waals surface area contributed by atoms with E-state index in [2.05, 4.69) is 23.0 Å². The number of rotatable bonds is 0. The fourth-order valence-electron chi connectivity index (χ4n) is 0.401. The molecule has 0 fully saturated rings. The highest BCUT2D eigenvalue weighted by molar-refractivity contribution is 7.96. The first-order valence-electron chi connectivity index (χ1n) is 2.15. The maximum Gasteiger partial charge on any atom is 0.300 e. The van der Waals surface area contributed by atoms with Gasteiger partial charge in [0.15, 0.2) is 0 Å². The van der Waals surface area contributed by atoms with Gasteiger partial charge in [0.2, 0.25) is 0 Å². The van der Waals surface area contributed by atoms with Gasteiger partial charge in [0.05, 0.1) is 0 Å². The summed E-state index contributed by atoms with van der Waals surface area (Å²) < 4.78 is 0. The fraction of sp³-hybridized carbons (Fsp3) is 0.333. The molecule has 1 aliphatic heterocycles. The Labute approximate surface area is 56.1 Å². The van der Waals surface area contributed by atoms with E-state index in [9.17, 15) is 9.59 Å². The molecule has 9 heavy (non-hydrogen) atoms. The normalized spacial score (nSPS) is 17.0. The van der Waals surface area contributed by atoms with E-state index < -0.39 is 11.1 Å². The summed E-state index contributed by atoms with van der Waals surface area (Å²) in [5.74, 6) is -0.419. The molecule has 0 bridgehead atoms. The van der Waals surface area contributed by atoms with Crippen molar-refractivity contribution in [2.75, 3.05) is 6.54 Å². The summed E-state index contributed by atoms with van der Waals surface area (Å²) in [5, 5.41) is 6.60. The second kappa shape index (κ2) is 2.14. The first-order chi connectivity index (χ1) is 4.20.